The van der Waals surface area contributed by atoms with Gasteiger partial charge in [-0.25, -0.2) is 4.39 Å². The van der Waals surface area contributed by atoms with Gasteiger partial charge in [0.05, 0.1) is 22.7 Å². The molecule has 4 rings (SSSR count). The minimum atomic E-state index is -1.12. The fourth-order valence-electron chi connectivity index (χ4n) is 5.67. The van der Waals surface area contributed by atoms with Crippen LogP contribution in [0.2, 0.25) is 10.0 Å². The molecule has 0 unspecified atom stereocenters. The maximum absolute atomic E-state index is 15.6. The molecule has 3 atom stereocenters. The average molecular weight is 562 g/mol. The molecule has 1 aliphatic rings. The molecule has 2 heterocycles. The molecule has 1 fully saturated rings. The minimum Gasteiger partial charge on any atom is -0.497 e. The number of carboxylic acid groups (broad SMARTS) is 1. The van der Waals surface area contributed by atoms with Gasteiger partial charge in [0, 0.05) is 24.5 Å². The third-order valence-electron chi connectivity index (χ3n) is 7.77. The molecular formula is C30H35Cl2FN2O3. The second-order valence-electron chi connectivity index (χ2n) is 10.2. The summed E-state index contributed by atoms with van der Waals surface area (Å²) in [6, 6.07) is 13.0. The summed E-state index contributed by atoms with van der Waals surface area (Å²) < 4.78 is 20.9. The van der Waals surface area contributed by atoms with Gasteiger partial charge in [0.2, 0.25) is 0 Å². The normalized spacial score (nSPS) is 18.9. The molecule has 0 amide bonds. The van der Waals surface area contributed by atoms with Crippen LogP contribution in [-0.2, 0) is 11.2 Å². The number of likely N-dealkylation sites (tertiary alicyclic amines) is 1. The van der Waals surface area contributed by atoms with Crippen LogP contribution in [-0.4, -0.2) is 47.7 Å². The zero-order valence-corrected chi connectivity index (χ0v) is 23.2. The van der Waals surface area contributed by atoms with Crippen molar-refractivity contribution in [3.63, 3.8) is 0 Å². The van der Waals surface area contributed by atoms with Crippen molar-refractivity contribution in [2.75, 3.05) is 26.7 Å². The molecule has 1 saturated heterocycles. The Labute approximate surface area is 233 Å². The second-order valence-corrected chi connectivity index (χ2v) is 11.0. The molecule has 0 bridgehead atoms. The number of carboxylic acids is 1. The van der Waals surface area contributed by atoms with E-state index in [0.717, 1.165) is 61.8 Å². The van der Waals surface area contributed by atoms with Gasteiger partial charge >= 0.3 is 5.97 Å². The van der Waals surface area contributed by atoms with Crippen LogP contribution in [0, 0.1) is 11.8 Å². The van der Waals surface area contributed by atoms with E-state index in [1.807, 2.05) is 30.3 Å². The van der Waals surface area contributed by atoms with Crippen molar-refractivity contribution in [3.8, 4) is 5.75 Å². The van der Waals surface area contributed by atoms with Crippen molar-refractivity contribution < 1.29 is 19.0 Å². The van der Waals surface area contributed by atoms with E-state index in [0.29, 0.717) is 40.1 Å². The van der Waals surface area contributed by atoms with E-state index >= 15 is 4.39 Å². The number of aryl methyl sites for hydroxylation is 1. The molecule has 1 aliphatic heterocycles. The van der Waals surface area contributed by atoms with Crippen molar-refractivity contribution in [1.29, 1.82) is 0 Å². The Morgan fingerprint density at radius 1 is 1.21 bits per heavy atom. The number of hydrogen-bond acceptors (Lipinski definition) is 4. The largest absolute Gasteiger partial charge is 0.497 e. The molecule has 1 N–H and O–H groups in total. The van der Waals surface area contributed by atoms with Crippen molar-refractivity contribution >= 4 is 40.1 Å². The smallest absolute Gasteiger partial charge is 0.303 e. The highest BCUT2D eigenvalue weighted by molar-refractivity contribution is 6.42. The van der Waals surface area contributed by atoms with Crippen LogP contribution in [0.4, 0.5) is 4.39 Å². The Morgan fingerprint density at radius 2 is 2.05 bits per heavy atom. The first kappa shape index (κ1) is 28.6. The molecule has 0 aliphatic carbocycles. The summed E-state index contributed by atoms with van der Waals surface area (Å²) in [6.45, 7) is 2.69. The summed E-state index contributed by atoms with van der Waals surface area (Å²) in [7, 11) is 1.60. The van der Waals surface area contributed by atoms with Crippen LogP contribution >= 0.6 is 23.2 Å². The summed E-state index contributed by atoms with van der Waals surface area (Å²) >= 11 is 12.5. The Bertz CT molecular complexity index is 1240. The SMILES string of the molecule is COc1ccc2nccc([C@H](F)CC[C@@H]3CCN(CCCc4cccc(Cl)c4Cl)C[C@H]3CCC(=O)O)c2c1. The van der Waals surface area contributed by atoms with E-state index in [1.165, 1.54) is 0 Å². The van der Waals surface area contributed by atoms with Crippen LogP contribution in [0.5, 0.6) is 5.75 Å². The van der Waals surface area contributed by atoms with Gasteiger partial charge in [0.1, 0.15) is 11.9 Å². The third-order valence-corrected chi connectivity index (χ3v) is 8.63. The van der Waals surface area contributed by atoms with Gasteiger partial charge in [-0.05, 0) is 105 Å². The van der Waals surface area contributed by atoms with Crippen molar-refractivity contribution in [3.05, 3.63) is 69.8 Å². The van der Waals surface area contributed by atoms with E-state index in [1.54, 1.807) is 25.4 Å². The summed E-state index contributed by atoms with van der Waals surface area (Å²) in [6.07, 6.45) is 5.15. The summed E-state index contributed by atoms with van der Waals surface area (Å²) in [5, 5.41) is 11.3. The zero-order chi connectivity index (χ0) is 27.1. The monoisotopic (exact) mass is 560 g/mol. The number of fused-ring (bicyclic) bond motifs is 1. The van der Waals surface area contributed by atoms with Crippen LogP contribution in [0.1, 0.15) is 55.8 Å². The van der Waals surface area contributed by atoms with Gasteiger partial charge in [-0.1, -0.05) is 35.3 Å². The molecular weight excluding hydrogens is 526 g/mol. The number of methoxy groups -OCH3 is 1. The van der Waals surface area contributed by atoms with Gasteiger partial charge in [0.15, 0.2) is 0 Å². The number of nitrogens with zero attached hydrogens (tertiary/aromatic N) is 2. The predicted molar refractivity (Wildman–Crippen MR) is 151 cm³/mol. The van der Waals surface area contributed by atoms with Crippen LogP contribution in [0.25, 0.3) is 10.9 Å². The first-order chi connectivity index (χ1) is 18.4. The van der Waals surface area contributed by atoms with E-state index in [9.17, 15) is 9.90 Å². The van der Waals surface area contributed by atoms with Gasteiger partial charge in [-0.2, -0.15) is 0 Å². The molecule has 8 heteroatoms. The highest BCUT2D eigenvalue weighted by atomic mass is 35.5. The van der Waals surface area contributed by atoms with Gasteiger partial charge in [-0.3, -0.25) is 9.78 Å². The maximum Gasteiger partial charge on any atom is 0.303 e. The molecule has 5 nitrogen and oxygen atoms in total. The minimum absolute atomic E-state index is 0.140. The van der Waals surface area contributed by atoms with Crippen molar-refractivity contribution in [2.45, 2.75) is 51.1 Å². The van der Waals surface area contributed by atoms with Crippen LogP contribution in [0.15, 0.2) is 48.7 Å². The number of alkyl halides is 1. The lowest BCUT2D eigenvalue weighted by molar-refractivity contribution is -0.137. The van der Waals surface area contributed by atoms with Crippen LogP contribution in [0.3, 0.4) is 0 Å². The number of hydrogen-bond donors (Lipinski definition) is 1. The van der Waals surface area contributed by atoms with E-state index in [-0.39, 0.29) is 12.3 Å². The number of benzene rings is 2. The molecule has 204 valence electrons. The number of carbonyl (C=O) groups is 1. The Morgan fingerprint density at radius 3 is 2.84 bits per heavy atom. The topological polar surface area (TPSA) is 62.7 Å². The standard InChI is InChI=1S/C30H35Cl2FN2O3/c1-38-23-9-11-28-25(18-23)24(13-15-34-28)27(33)10-7-20-14-17-35(19-22(20)8-12-29(36)37)16-3-5-21-4-2-6-26(31)30(21)32/h2,4,6,9,11,13,15,18,20,22,27H,3,5,7-8,10,12,14,16-17,19H2,1H3,(H,36,37)/t20-,22-,27-/m1/s1. The maximum atomic E-state index is 15.6. The van der Waals surface area contributed by atoms with E-state index < -0.39 is 12.1 Å². The lowest BCUT2D eigenvalue weighted by atomic mass is 9.79. The zero-order valence-electron chi connectivity index (χ0n) is 21.7. The first-order valence-electron chi connectivity index (χ1n) is 13.3. The summed E-state index contributed by atoms with van der Waals surface area (Å²) in [4.78, 5) is 18.1. The molecule has 1 aromatic heterocycles. The van der Waals surface area contributed by atoms with Crippen molar-refractivity contribution in [1.82, 2.24) is 9.88 Å². The lowest BCUT2D eigenvalue weighted by Crippen LogP contribution is -2.41. The predicted octanol–water partition coefficient (Wildman–Crippen LogP) is 7.78. The number of pyridine rings is 1. The van der Waals surface area contributed by atoms with Gasteiger partial charge in [-0.15, -0.1) is 0 Å². The Hall–Kier alpha value is -2.41. The van der Waals surface area contributed by atoms with E-state index in [2.05, 4.69) is 9.88 Å². The number of aromatic nitrogens is 1. The number of halogens is 3. The Kier molecular flexibility index (Phi) is 10.2. The first-order valence-corrected chi connectivity index (χ1v) is 14.0. The summed E-state index contributed by atoms with van der Waals surface area (Å²) in [5.74, 6) is 0.430. The fourth-order valence-corrected chi connectivity index (χ4v) is 6.09. The number of ether oxygens (including phenoxy) is 1. The van der Waals surface area contributed by atoms with Crippen molar-refractivity contribution in [2.24, 2.45) is 11.8 Å². The Balaban J connectivity index is 1.36. The highest BCUT2D eigenvalue weighted by Crippen LogP contribution is 2.37. The second kappa shape index (κ2) is 13.6. The molecule has 0 radical (unpaired) electrons. The molecule has 0 spiro atoms. The lowest BCUT2D eigenvalue weighted by Gasteiger charge is -2.39. The number of rotatable bonds is 12. The quantitative estimate of drug-likeness (QED) is 0.245. The van der Waals surface area contributed by atoms with Crippen LogP contribution < -0.4 is 4.74 Å². The number of piperidine rings is 1. The highest BCUT2D eigenvalue weighted by Gasteiger charge is 2.30. The van der Waals surface area contributed by atoms with E-state index in [4.69, 9.17) is 27.9 Å². The number of aliphatic carboxylic acids is 1. The molecule has 3 aromatic rings. The van der Waals surface area contributed by atoms with Gasteiger partial charge in [0.25, 0.3) is 0 Å². The third kappa shape index (κ3) is 7.37. The molecule has 38 heavy (non-hydrogen) atoms. The summed E-state index contributed by atoms with van der Waals surface area (Å²) in [5.41, 5.74) is 2.43. The molecule has 0 saturated carbocycles. The average Bonchev–Trinajstić information content (AvgIpc) is 2.92. The fraction of sp³-hybridized carbons (Fsp3) is 0.467. The van der Waals surface area contributed by atoms with Gasteiger partial charge < -0.3 is 14.7 Å². The molecule has 2 aromatic carbocycles.